The smallest absolute Gasteiger partial charge is 0.267 e. The predicted molar refractivity (Wildman–Crippen MR) is 71.9 cm³/mol. The fourth-order valence-electron chi connectivity index (χ4n) is 1.58. The molecule has 90 valence electrons. The number of rotatable bonds is 2. The molecule has 0 atom stereocenters. The molecule has 3 nitrogen and oxygen atoms in total. The van der Waals surface area contributed by atoms with Gasteiger partial charge in [0.15, 0.2) is 5.13 Å². The van der Waals surface area contributed by atoms with E-state index < -0.39 is 0 Å². The number of thiophene rings is 1. The lowest BCUT2D eigenvalue weighted by Gasteiger charge is -1.96. The quantitative estimate of drug-likeness (QED) is 0.775. The van der Waals surface area contributed by atoms with Gasteiger partial charge in [-0.3, -0.25) is 10.1 Å². The Labute approximate surface area is 110 Å². The van der Waals surface area contributed by atoms with Gasteiger partial charge in [0.2, 0.25) is 0 Å². The molecule has 18 heavy (non-hydrogen) atoms. The van der Waals surface area contributed by atoms with Gasteiger partial charge in [0.05, 0.1) is 4.88 Å². The maximum Gasteiger partial charge on any atom is 0.267 e. The summed E-state index contributed by atoms with van der Waals surface area (Å²) in [6.07, 6.45) is 1.62. The number of halogens is 1. The third kappa shape index (κ3) is 2.00. The molecule has 0 aliphatic carbocycles. The fourth-order valence-corrected chi connectivity index (χ4v) is 3.08. The number of aromatic nitrogens is 1. The number of nitrogens with one attached hydrogen (secondary N) is 1. The van der Waals surface area contributed by atoms with Gasteiger partial charge in [-0.05, 0) is 18.2 Å². The summed E-state index contributed by atoms with van der Waals surface area (Å²) in [6.45, 7) is 0. The molecule has 0 aliphatic heterocycles. The molecule has 1 amide bonds. The Bertz CT molecular complexity index is 706. The minimum atomic E-state index is -0.308. The zero-order chi connectivity index (χ0) is 12.5. The molecule has 0 spiro atoms. The van der Waals surface area contributed by atoms with Crippen LogP contribution in [0.4, 0.5) is 9.52 Å². The number of fused-ring (bicyclic) bond motifs is 1. The summed E-state index contributed by atoms with van der Waals surface area (Å²) in [4.78, 5) is 16.4. The molecule has 0 radical (unpaired) electrons. The van der Waals surface area contributed by atoms with Crippen molar-refractivity contribution in [2.24, 2.45) is 0 Å². The average Bonchev–Trinajstić information content (AvgIpc) is 2.97. The van der Waals surface area contributed by atoms with Crippen LogP contribution in [0.1, 0.15) is 9.67 Å². The molecular weight excluding hydrogens is 271 g/mol. The molecule has 0 aliphatic rings. The molecule has 6 heteroatoms. The van der Waals surface area contributed by atoms with Crippen LogP contribution in [0.15, 0.2) is 35.8 Å². The Morgan fingerprint density at radius 1 is 1.39 bits per heavy atom. The molecule has 0 bridgehead atoms. The lowest BCUT2D eigenvalue weighted by molar-refractivity contribution is 0.103. The minimum absolute atomic E-state index is 0.259. The van der Waals surface area contributed by atoms with E-state index in [1.54, 1.807) is 29.8 Å². The molecule has 2 aromatic heterocycles. The maximum absolute atomic E-state index is 13.5. The molecule has 3 rings (SSSR count). The van der Waals surface area contributed by atoms with Gasteiger partial charge >= 0.3 is 0 Å². The SMILES string of the molecule is O=C(Nc1nccs1)c1cc2c(F)cccc2s1. The van der Waals surface area contributed by atoms with Gasteiger partial charge in [-0.1, -0.05) is 6.07 Å². The summed E-state index contributed by atoms with van der Waals surface area (Å²) >= 11 is 2.61. The van der Waals surface area contributed by atoms with Crippen molar-refractivity contribution >= 4 is 43.8 Å². The number of anilines is 1. The molecule has 0 saturated carbocycles. The number of hydrogen-bond donors (Lipinski definition) is 1. The van der Waals surface area contributed by atoms with Gasteiger partial charge in [-0.2, -0.15) is 0 Å². The number of amides is 1. The molecule has 1 N–H and O–H groups in total. The van der Waals surface area contributed by atoms with Gasteiger partial charge in [0.1, 0.15) is 5.82 Å². The van der Waals surface area contributed by atoms with Crippen LogP contribution in [0.25, 0.3) is 10.1 Å². The summed E-state index contributed by atoms with van der Waals surface area (Å²) < 4.78 is 14.3. The van der Waals surface area contributed by atoms with Gasteiger partial charge in [0, 0.05) is 21.7 Å². The monoisotopic (exact) mass is 278 g/mol. The Hall–Kier alpha value is -1.79. The average molecular weight is 278 g/mol. The van der Waals surface area contributed by atoms with Crippen LogP contribution in [0.5, 0.6) is 0 Å². The molecule has 0 saturated heterocycles. The second-order valence-corrected chi connectivity index (χ2v) is 5.53. The molecule has 2 heterocycles. The fraction of sp³-hybridized carbons (Fsp3) is 0. The molecule has 0 unspecified atom stereocenters. The van der Waals surface area contributed by atoms with E-state index in [0.29, 0.717) is 15.4 Å². The highest BCUT2D eigenvalue weighted by Gasteiger charge is 2.13. The largest absolute Gasteiger partial charge is 0.297 e. The Morgan fingerprint density at radius 2 is 2.28 bits per heavy atom. The molecule has 1 aromatic carbocycles. The highest BCUT2D eigenvalue weighted by atomic mass is 32.1. The van der Waals surface area contributed by atoms with Crippen LogP contribution in [0.2, 0.25) is 0 Å². The second kappa shape index (κ2) is 4.47. The first-order valence-electron chi connectivity index (χ1n) is 5.13. The third-order valence-electron chi connectivity index (χ3n) is 2.38. The lowest BCUT2D eigenvalue weighted by atomic mass is 10.2. The highest BCUT2D eigenvalue weighted by Crippen LogP contribution is 2.28. The first-order valence-corrected chi connectivity index (χ1v) is 6.82. The van der Waals surface area contributed by atoms with Crippen molar-refractivity contribution in [2.45, 2.75) is 0 Å². The van der Waals surface area contributed by atoms with Crippen LogP contribution in [-0.4, -0.2) is 10.9 Å². The molecule has 0 fully saturated rings. The van der Waals surface area contributed by atoms with E-state index in [4.69, 9.17) is 0 Å². The van der Waals surface area contributed by atoms with Crippen LogP contribution >= 0.6 is 22.7 Å². The van der Waals surface area contributed by atoms with E-state index in [1.165, 1.54) is 28.7 Å². The van der Waals surface area contributed by atoms with E-state index in [0.717, 1.165) is 4.70 Å². The Morgan fingerprint density at radius 3 is 3.00 bits per heavy atom. The van der Waals surface area contributed by atoms with Crippen LogP contribution in [0.3, 0.4) is 0 Å². The van der Waals surface area contributed by atoms with Crippen molar-refractivity contribution in [1.82, 2.24) is 4.98 Å². The number of carbonyl (C=O) groups excluding carboxylic acids is 1. The number of hydrogen-bond acceptors (Lipinski definition) is 4. The van der Waals surface area contributed by atoms with Crippen LogP contribution in [0, 0.1) is 5.82 Å². The first kappa shape index (κ1) is 11.3. The van der Waals surface area contributed by atoms with Gasteiger partial charge in [-0.15, -0.1) is 22.7 Å². The predicted octanol–water partition coefficient (Wildman–Crippen LogP) is 3.75. The zero-order valence-electron chi connectivity index (χ0n) is 9.01. The van der Waals surface area contributed by atoms with Crippen molar-refractivity contribution in [1.29, 1.82) is 0 Å². The van der Waals surface area contributed by atoms with E-state index >= 15 is 0 Å². The van der Waals surface area contributed by atoms with Crippen molar-refractivity contribution < 1.29 is 9.18 Å². The summed E-state index contributed by atoms with van der Waals surface area (Å²) in [7, 11) is 0. The van der Waals surface area contributed by atoms with Crippen molar-refractivity contribution in [3.63, 3.8) is 0 Å². The number of benzene rings is 1. The van der Waals surface area contributed by atoms with Crippen molar-refractivity contribution in [3.8, 4) is 0 Å². The van der Waals surface area contributed by atoms with Crippen LogP contribution in [-0.2, 0) is 0 Å². The molecule has 3 aromatic rings. The third-order valence-corrected chi connectivity index (χ3v) is 4.17. The summed E-state index contributed by atoms with van der Waals surface area (Å²) in [5.41, 5.74) is 0. The zero-order valence-corrected chi connectivity index (χ0v) is 10.6. The second-order valence-electron chi connectivity index (χ2n) is 3.55. The van der Waals surface area contributed by atoms with E-state index in [-0.39, 0.29) is 11.7 Å². The van der Waals surface area contributed by atoms with Crippen LogP contribution < -0.4 is 5.32 Å². The van der Waals surface area contributed by atoms with E-state index in [9.17, 15) is 9.18 Å². The summed E-state index contributed by atoms with van der Waals surface area (Å²) in [5, 5.41) is 5.47. The molecular formula is C12H7FN2OS2. The van der Waals surface area contributed by atoms with Crippen molar-refractivity contribution in [2.75, 3.05) is 5.32 Å². The first-order chi connectivity index (χ1) is 8.74. The topological polar surface area (TPSA) is 42.0 Å². The maximum atomic E-state index is 13.5. The Kier molecular flexibility index (Phi) is 2.81. The lowest BCUT2D eigenvalue weighted by Crippen LogP contribution is -2.09. The standard InChI is InChI=1S/C12H7FN2OS2/c13-8-2-1-3-9-7(8)6-10(18-9)11(16)15-12-14-4-5-17-12/h1-6H,(H,14,15,16). The van der Waals surface area contributed by atoms with Crippen molar-refractivity contribution in [3.05, 3.63) is 46.5 Å². The van der Waals surface area contributed by atoms with Gasteiger partial charge in [0.25, 0.3) is 5.91 Å². The van der Waals surface area contributed by atoms with Gasteiger partial charge < -0.3 is 0 Å². The minimum Gasteiger partial charge on any atom is -0.297 e. The summed E-state index contributed by atoms with van der Waals surface area (Å²) in [5.74, 6) is -0.567. The van der Waals surface area contributed by atoms with Gasteiger partial charge in [-0.25, -0.2) is 9.37 Å². The van der Waals surface area contributed by atoms with E-state index in [2.05, 4.69) is 10.3 Å². The highest BCUT2D eigenvalue weighted by molar-refractivity contribution is 7.21. The number of thiazole rings is 1. The van der Waals surface area contributed by atoms with E-state index in [1.807, 2.05) is 0 Å². The number of nitrogens with zero attached hydrogens (tertiary/aromatic N) is 1. The normalized spacial score (nSPS) is 10.7. The number of carbonyl (C=O) groups is 1. The Balaban J connectivity index is 1.94. The summed E-state index contributed by atoms with van der Waals surface area (Å²) in [6, 6.07) is 6.38.